The van der Waals surface area contributed by atoms with Gasteiger partial charge in [0, 0.05) is 51.1 Å². The van der Waals surface area contributed by atoms with Crippen LogP contribution in [0.15, 0.2) is 46.0 Å². The lowest BCUT2D eigenvalue weighted by molar-refractivity contribution is 0.198. The van der Waals surface area contributed by atoms with Crippen molar-refractivity contribution >= 4 is 30.1 Å². The Balaban J connectivity index is 1.40. The number of piperidine rings is 1. The van der Waals surface area contributed by atoms with Gasteiger partial charge in [-0.05, 0) is 49.6 Å². The first-order valence-electron chi connectivity index (χ1n) is 9.88. The van der Waals surface area contributed by atoms with E-state index >= 15 is 0 Å². The Kier molecular flexibility index (Phi) is 4.38. The van der Waals surface area contributed by atoms with Crippen LogP contribution in [0.1, 0.15) is 32.1 Å². The summed E-state index contributed by atoms with van der Waals surface area (Å²) in [5.74, 6) is 0.979. The Bertz CT molecular complexity index is 999. The molecule has 5 rings (SSSR count). The van der Waals surface area contributed by atoms with Gasteiger partial charge in [-0.2, -0.15) is 0 Å². The van der Waals surface area contributed by atoms with Crippen LogP contribution in [0.5, 0.6) is 0 Å². The van der Waals surface area contributed by atoms with Gasteiger partial charge in [0.25, 0.3) is 0 Å². The molecular formula is C20H25N7S. The molecule has 2 aliphatic rings. The number of hydrogen-bond donors (Lipinski definition) is 0. The third-order valence-corrected chi connectivity index (χ3v) is 7.56. The highest BCUT2D eigenvalue weighted by Crippen LogP contribution is 2.48. The van der Waals surface area contributed by atoms with Gasteiger partial charge in [-0.15, -0.1) is 0 Å². The van der Waals surface area contributed by atoms with E-state index in [-0.39, 0.29) is 0 Å². The predicted octanol–water partition coefficient (Wildman–Crippen LogP) is 3.45. The van der Waals surface area contributed by atoms with Gasteiger partial charge < -0.3 is 9.47 Å². The number of nitrogens with zero attached hydrogens (tertiary/aromatic N) is 7. The van der Waals surface area contributed by atoms with Crippen LogP contribution in [0.2, 0.25) is 0 Å². The average Bonchev–Trinajstić information content (AvgIpc) is 3.44. The molecule has 0 bridgehead atoms. The minimum absolute atomic E-state index is 0.361. The molecule has 0 N–H and O–H groups in total. The van der Waals surface area contributed by atoms with Crippen LogP contribution in [0.3, 0.4) is 0 Å². The number of rotatable bonds is 4. The van der Waals surface area contributed by atoms with Crippen molar-refractivity contribution in [3.05, 3.63) is 31.0 Å². The van der Waals surface area contributed by atoms with Gasteiger partial charge in [0.15, 0.2) is 10.8 Å². The molecule has 28 heavy (non-hydrogen) atoms. The summed E-state index contributed by atoms with van der Waals surface area (Å²) in [6.07, 6.45) is 15.7. The molecule has 1 aliphatic carbocycles. The van der Waals surface area contributed by atoms with E-state index in [9.17, 15) is 0 Å². The Labute approximate surface area is 168 Å². The summed E-state index contributed by atoms with van der Waals surface area (Å²) in [7, 11) is 2.00. The van der Waals surface area contributed by atoms with Crippen LogP contribution >= 0.6 is 11.8 Å². The third-order valence-electron chi connectivity index (χ3n) is 6.47. The molecule has 0 radical (unpaired) electrons. The molecule has 4 heterocycles. The Morgan fingerprint density at radius 3 is 2.71 bits per heavy atom. The van der Waals surface area contributed by atoms with Crippen molar-refractivity contribution in [2.75, 3.05) is 18.0 Å². The first-order chi connectivity index (χ1) is 13.7. The van der Waals surface area contributed by atoms with Crippen molar-refractivity contribution in [2.24, 2.45) is 17.5 Å². The summed E-state index contributed by atoms with van der Waals surface area (Å²) in [5, 5.41) is 0.934. The SMILES string of the molecule is C=NC1CCCC12CCN(c1ncc(Sc3nccn3C)c3nccn13)CC2. The summed E-state index contributed by atoms with van der Waals surface area (Å²) < 4.78 is 4.12. The molecule has 1 saturated carbocycles. The maximum atomic E-state index is 4.82. The Hall–Kier alpha value is -2.35. The van der Waals surface area contributed by atoms with E-state index in [4.69, 9.17) is 4.98 Å². The molecule has 1 atom stereocenters. The molecule has 1 spiro atoms. The van der Waals surface area contributed by atoms with Gasteiger partial charge in [0.2, 0.25) is 5.95 Å². The van der Waals surface area contributed by atoms with Crippen molar-refractivity contribution < 1.29 is 0 Å². The predicted molar refractivity (Wildman–Crippen MR) is 111 cm³/mol. The number of aryl methyl sites for hydroxylation is 1. The fraction of sp³-hybridized carbons (Fsp3) is 0.500. The second kappa shape index (κ2) is 6.92. The van der Waals surface area contributed by atoms with E-state index in [0.717, 1.165) is 34.7 Å². The molecule has 8 heteroatoms. The molecule has 0 aromatic carbocycles. The number of aliphatic imine (C=N–C) groups is 1. The van der Waals surface area contributed by atoms with Crippen LogP contribution in [0.4, 0.5) is 5.95 Å². The zero-order chi connectivity index (χ0) is 19.1. The fourth-order valence-electron chi connectivity index (χ4n) is 4.88. The van der Waals surface area contributed by atoms with Crippen molar-refractivity contribution in [3.8, 4) is 0 Å². The zero-order valence-corrected chi connectivity index (χ0v) is 17.0. The molecule has 1 saturated heterocycles. The molecule has 0 amide bonds. The monoisotopic (exact) mass is 395 g/mol. The van der Waals surface area contributed by atoms with Gasteiger partial charge in [0.05, 0.1) is 10.9 Å². The van der Waals surface area contributed by atoms with Crippen molar-refractivity contribution in [3.63, 3.8) is 0 Å². The van der Waals surface area contributed by atoms with Gasteiger partial charge in [-0.1, -0.05) is 6.42 Å². The summed E-state index contributed by atoms with van der Waals surface area (Å²) in [5.41, 5.74) is 1.30. The highest BCUT2D eigenvalue weighted by molar-refractivity contribution is 7.99. The minimum atomic E-state index is 0.361. The first kappa shape index (κ1) is 17.7. The Morgan fingerprint density at radius 2 is 1.96 bits per heavy atom. The Morgan fingerprint density at radius 1 is 1.14 bits per heavy atom. The molecule has 1 aliphatic heterocycles. The highest BCUT2D eigenvalue weighted by atomic mass is 32.2. The van der Waals surface area contributed by atoms with Crippen LogP contribution in [-0.2, 0) is 7.05 Å². The second-order valence-electron chi connectivity index (χ2n) is 7.91. The number of fused-ring (bicyclic) bond motifs is 1. The molecule has 3 aromatic heterocycles. The van der Waals surface area contributed by atoms with Gasteiger partial charge in [-0.3, -0.25) is 9.39 Å². The topological polar surface area (TPSA) is 63.6 Å². The standard InChI is InChI=1S/C20H25N7S/c1-21-16-4-3-5-20(16)6-10-26(11-7-20)18-24-14-15(17-22-9-13-27(17)18)28-19-23-8-12-25(19)2/h8-9,12-14,16H,1,3-7,10-11H2,2H3. The zero-order valence-electron chi connectivity index (χ0n) is 16.2. The summed E-state index contributed by atoms with van der Waals surface area (Å²) in [4.78, 5) is 21.7. The maximum Gasteiger partial charge on any atom is 0.211 e. The summed E-state index contributed by atoms with van der Waals surface area (Å²) >= 11 is 1.60. The van der Waals surface area contributed by atoms with Crippen molar-refractivity contribution in [1.82, 2.24) is 23.9 Å². The van der Waals surface area contributed by atoms with Crippen LogP contribution in [-0.4, -0.2) is 49.8 Å². The first-order valence-corrected chi connectivity index (χ1v) is 10.7. The van der Waals surface area contributed by atoms with Gasteiger partial charge in [-0.25, -0.2) is 15.0 Å². The lowest BCUT2D eigenvalue weighted by Crippen LogP contribution is -2.44. The van der Waals surface area contributed by atoms with E-state index in [0.29, 0.717) is 11.5 Å². The van der Waals surface area contributed by atoms with E-state index in [1.807, 2.05) is 42.6 Å². The third kappa shape index (κ3) is 2.82. The fourth-order valence-corrected chi connectivity index (χ4v) is 5.74. The molecule has 3 aromatic rings. The highest BCUT2D eigenvalue weighted by Gasteiger charge is 2.44. The molecule has 1 unspecified atom stereocenters. The van der Waals surface area contributed by atoms with Crippen LogP contribution in [0, 0.1) is 5.41 Å². The number of aromatic nitrogens is 5. The summed E-state index contributed by atoms with van der Waals surface area (Å²) in [6, 6.07) is 0.437. The average molecular weight is 396 g/mol. The molecule has 146 valence electrons. The molecule has 7 nitrogen and oxygen atoms in total. The van der Waals surface area contributed by atoms with E-state index in [2.05, 4.69) is 31.0 Å². The number of anilines is 1. The van der Waals surface area contributed by atoms with E-state index < -0.39 is 0 Å². The molecule has 2 fully saturated rings. The number of hydrogen-bond acceptors (Lipinski definition) is 6. The number of imidazole rings is 2. The maximum absolute atomic E-state index is 4.82. The minimum Gasteiger partial charge on any atom is -0.342 e. The van der Waals surface area contributed by atoms with E-state index in [1.54, 1.807) is 11.8 Å². The van der Waals surface area contributed by atoms with Gasteiger partial charge in [0.1, 0.15) is 0 Å². The van der Waals surface area contributed by atoms with Crippen molar-refractivity contribution in [1.29, 1.82) is 0 Å². The largest absolute Gasteiger partial charge is 0.342 e. The van der Waals surface area contributed by atoms with Crippen molar-refractivity contribution in [2.45, 2.75) is 48.2 Å². The van der Waals surface area contributed by atoms with Crippen LogP contribution in [0.25, 0.3) is 5.65 Å². The second-order valence-corrected chi connectivity index (χ2v) is 8.92. The van der Waals surface area contributed by atoms with Gasteiger partial charge >= 0.3 is 0 Å². The lowest BCUT2D eigenvalue weighted by Gasteiger charge is -2.42. The van der Waals surface area contributed by atoms with E-state index in [1.165, 1.54) is 32.1 Å². The lowest BCUT2D eigenvalue weighted by atomic mass is 9.74. The summed E-state index contributed by atoms with van der Waals surface area (Å²) in [6.45, 7) is 5.88. The van der Waals surface area contributed by atoms with Crippen LogP contribution < -0.4 is 4.90 Å². The molecular weight excluding hydrogens is 370 g/mol. The normalized spacial score (nSPS) is 21.6. The smallest absolute Gasteiger partial charge is 0.211 e. The quantitative estimate of drug-likeness (QED) is 0.633.